The smallest absolute Gasteiger partial charge is 0.104 e. The van der Waals surface area contributed by atoms with Gasteiger partial charge in [-0.15, -0.1) is 0 Å². The van der Waals surface area contributed by atoms with E-state index in [-0.39, 0.29) is 6.10 Å². The van der Waals surface area contributed by atoms with Gasteiger partial charge in [-0.05, 0) is 23.6 Å². The Morgan fingerprint density at radius 2 is 1.94 bits per heavy atom. The summed E-state index contributed by atoms with van der Waals surface area (Å²) in [5.41, 5.74) is 1.40. The third-order valence-corrected chi connectivity index (χ3v) is 3.91. The molecule has 0 spiro atoms. The summed E-state index contributed by atoms with van der Waals surface area (Å²) >= 11 is 0. The predicted octanol–water partition coefficient (Wildman–Crippen LogP) is 1.38. The van der Waals surface area contributed by atoms with Crippen molar-refractivity contribution in [2.45, 2.75) is 25.5 Å². The van der Waals surface area contributed by atoms with Gasteiger partial charge in [-0.25, -0.2) is 0 Å². The third-order valence-electron chi connectivity index (χ3n) is 3.91. The summed E-state index contributed by atoms with van der Waals surface area (Å²) in [5, 5.41) is 12.4. The highest BCUT2D eigenvalue weighted by atomic mass is 16.3. The number of benzene rings is 2. The van der Waals surface area contributed by atoms with E-state index >= 15 is 0 Å². The lowest BCUT2D eigenvalue weighted by molar-refractivity contribution is -0.921. The molecule has 0 saturated carbocycles. The summed E-state index contributed by atoms with van der Waals surface area (Å²) in [6.07, 6.45) is 2.00. The molecule has 2 N–H and O–H groups in total. The average Bonchev–Trinajstić information content (AvgIpc) is 2.39. The van der Waals surface area contributed by atoms with Crippen molar-refractivity contribution in [2.75, 3.05) is 13.1 Å². The number of nitrogens with one attached hydrogen (secondary N) is 1. The first-order valence-electron chi connectivity index (χ1n) is 6.81. The summed E-state index contributed by atoms with van der Waals surface area (Å²) < 4.78 is 0. The Bertz CT molecular complexity index is 532. The van der Waals surface area contributed by atoms with E-state index in [0.717, 1.165) is 25.9 Å². The highest BCUT2D eigenvalue weighted by molar-refractivity contribution is 5.85. The highest BCUT2D eigenvalue weighted by Crippen LogP contribution is 2.17. The fourth-order valence-corrected chi connectivity index (χ4v) is 3.00. The first-order chi connectivity index (χ1) is 8.83. The molecule has 2 nitrogen and oxygen atoms in total. The van der Waals surface area contributed by atoms with Crippen molar-refractivity contribution in [1.82, 2.24) is 0 Å². The maximum atomic E-state index is 9.75. The number of hydrogen-bond acceptors (Lipinski definition) is 1. The van der Waals surface area contributed by atoms with Gasteiger partial charge in [0.2, 0.25) is 0 Å². The van der Waals surface area contributed by atoms with Gasteiger partial charge in [0.25, 0.3) is 0 Å². The summed E-state index contributed by atoms with van der Waals surface area (Å²) in [6, 6.07) is 15.1. The minimum absolute atomic E-state index is 0.108. The predicted molar refractivity (Wildman–Crippen MR) is 73.6 cm³/mol. The number of fused-ring (bicyclic) bond motifs is 1. The second-order valence-corrected chi connectivity index (χ2v) is 5.32. The van der Waals surface area contributed by atoms with Gasteiger partial charge in [0, 0.05) is 5.56 Å². The Hall–Kier alpha value is -1.38. The highest BCUT2D eigenvalue weighted by Gasteiger charge is 2.21. The van der Waals surface area contributed by atoms with Crippen LogP contribution in [0.15, 0.2) is 42.5 Å². The molecule has 1 saturated heterocycles. The van der Waals surface area contributed by atoms with E-state index in [1.165, 1.54) is 27.8 Å². The maximum absolute atomic E-state index is 9.75. The van der Waals surface area contributed by atoms with Crippen LogP contribution in [-0.4, -0.2) is 24.3 Å². The van der Waals surface area contributed by atoms with Crippen LogP contribution in [-0.2, 0) is 6.54 Å². The summed E-state index contributed by atoms with van der Waals surface area (Å²) in [5.74, 6) is 0. The van der Waals surface area contributed by atoms with Crippen molar-refractivity contribution >= 4 is 10.8 Å². The van der Waals surface area contributed by atoms with Crippen LogP contribution >= 0.6 is 0 Å². The number of likely N-dealkylation sites (tertiary alicyclic amines) is 1. The molecule has 2 aromatic carbocycles. The van der Waals surface area contributed by atoms with Crippen LogP contribution in [0, 0.1) is 0 Å². The fourth-order valence-electron chi connectivity index (χ4n) is 3.00. The molecular formula is C16H20NO+. The molecule has 0 radical (unpaired) electrons. The van der Waals surface area contributed by atoms with Gasteiger partial charge in [0.15, 0.2) is 0 Å². The van der Waals surface area contributed by atoms with Crippen LogP contribution in [0.1, 0.15) is 18.4 Å². The lowest BCUT2D eigenvalue weighted by Crippen LogP contribution is -3.12. The first kappa shape index (κ1) is 11.7. The number of hydrogen-bond donors (Lipinski definition) is 2. The monoisotopic (exact) mass is 242 g/mol. The molecule has 1 unspecified atom stereocenters. The van der Waals surface area contributed by atoms with Crippen LogP contribution < -0.4 is 4.90 Å². The van der Waals surface area contributed by atoms with Crippen LogP contribution in [0.2, 0.25) is 0 Å². The summed E-state index contributed by atoms with van der Waals surface area (Å²) in [7, 11) is 0. The Labute approximate surface area is 108 Å². The van der Waals surface area contributed by atoms with Crippen LogP contribution in [0.3, 0.4) is 0 Å². The lowest BCUT2D eigenvalue weighted by atomic mass is 10.0. The Kier molecular flexibility index (Phi) is 3.31. The second kappa shape index (κ2) is 5.09. The minimum Gasteiger partial charge on any atom is -0.387 e. The van der Waals surface area contributed by atoms with Gasteiger partial charge in [0.05, 0.1) is 6.54 Å². The van der Waals surface area contributed by atoms with Gasteiger partial charge < -0.3 is 10.0 Å². The molecule has 0 amide bonds. The first-order valence-corrected chi connectivity index (χ1v) is 6.81. The maximum Gasteiger partial charge on any atom is 0.104 e. The zero-order valence-electron chi connectivity index (χ0n) is 10.6. The summed E-state index contributed by atoms with van der Waals surface area (Å²) in [4.78, 5) is 1.50. The molecular weight excluding hydrogens is 222 g/mol. The van der Waals surface area contributed by atoms with Gasteiger partial charge in [0.1, 0.15) is 19.2 Å². The largest absolute Gasteiger partial charge is 0.387 e. The molecule has 1 aliphatic heterocycles. The van der Waals surface area contributed by atoms with Crippen LogP contribution in [0.5, 0.6) is 0 Å². The second-order valence-electron chi connectivity index (χ2n) is 5.32. The number of quaternary nitrogens is 1. The molecule has 0 bridgehead atoms. The van der Waals surface area contributed by atoms with Gasteiger partial charge in [-0.1, -0.05) is 42.5 Å². The standard InChI is InChI=1S/C16H19NO/c18-15-8-4-10-17(12-15)11-14-7-3-6-13-5-1-2-9-16(13)14/h1-3,5-7,9,15,18H,4,8,10-12H2/p+1/t15-/m1/s1. The van der Waals surface area contributed by atoms with Crippen LogP contribution in [0.4, 0.5) is 0 Å². The van der Waals surface area contributed by atoms with E-state index in [9.17, 15) is 5.11 Å². The normalized spacial score (nSPS) is 24.3. The molecule has 94 valence electrons. The Morgan fingerprint density at radius 3 is 2.83 bits per heavy atom. The van der Waals surface area contributed by atoms with E-state index in [0.29, 0.717) is 0 Å². The van der Waals surface area contributed by atoms with Crippen molar-refractivity contribution < 1.29 is 10.0 Å². The lowest BCUT2D eigenvalue weighted by Gasteiger charge is -2.27. The molecule has 2 aromatic rings. The van der Waals surface area contributed by atoms with Crippen molar-refractivity contribution in [3.05, 3.63) is 48.0 Å². The topological polar surface area (TPSA) is 24.7 Å². The van der Waals surface area contributed by atoms with Crippen molar-refractivity contribution in [3.8, 4) is 0 Å². The molecule has 0 aliphatic carbocycles. The number of rotatable bonds is 2. The average molecular weight is 242 g/mol. The van der Waals surface area contributed by atoms with Crippen molar-refractivity contribution in [2.24, 2.45) is 0 Å². The van der Waals surface area contributed by atoms with E-state index in [1.54, 1.807) is 0 Å². The molecule has 2 heteroatoms. The molecule has 0 aromatic heterocycles. The van der Waals surface area contributed by atoms with E-state index in [4.69, 9.17) is 0 Å². The molecule has 3 rings (SSSR count). The number of piperidine rings is 1. The zero-order valence-corrected chi connectivity index (χ0v) is 10.6. The zero-order chi connectivity index (χ0) is 12.4. The van der Waals surface area contributed by atoms with Crippen LogP contribution in [0.25, 0.3) is 10.8 Å². The minimum atomic E-state index is -0.108. The van der Waals surface area contributed by atoms with Gasteiger partial charge in [-0.2, -0.15) is 0 Å². The van der Waals surface area contributed by atoms with Crippen molar-refractivity contribution in [1.29, 1.82) is 0 Å². The number of aliphatic hydroxyl groups excluding tert-OH is 1. The molecule has 1 heterocycles. The Balaban J connectivity index is 1.86. The Morgan fingerprint density at radius 1 is 1.11 bits per heavy atom. The third kappa shape index (κ3) is 2.40. The van der Waals surface area contributed by atoms with E-state index in [1.807, 2.05) is 0 Å². The fraction of sp³-hybridized carbons (Fsp3) is 0.375. The van der Waals surface area contributed by atoms with Gasteiger partial charge in [-0.3, -0.25) is 0 Å². The SMILES string of the molecule is O[C@@H]1CCC[NH+](Cc2cccc3ccccc23)C1. The van der Waals surface area contributed by atoms with E-state index in [2.05, 4.69) is 42.5 Å². The molecule has 2 atom stereocenters. The van der Waals surface area contributed by atoms with E-state index < -0.39 is 0 Å². The number of aliphatic hydroxyl groups is 1. The molecule has 1 fully saturated rings. The molecule has 18 heavy (non-hydrogen) atoms. The molecule has 1 aliphatic rings. The quantitative estimate of drug-likeness (QED) is 0.817. The summed E-state index contributed by atoms with van der Waals surface area (Å²) in [6.45, 7) is 3.10. The van der Waals surface area contributed by atoms with Crippen molar-refractivity contribution in [3.63, 3.8) is 0 Å². The van der Waals surface area contributed by atoms with Gasteiger partial charge >= 0.3 is 0 Å².